The van der Waals surface area contributed by atoms with Gasteiger partial charge < -0.3 is 39.5 Å². The van der Waals surface area contributed by atoms with Crippen molar-refractivity contribution in [3.05, 3.63) is 112 Å². The number of nitrogens with zero attached hydrogens (tertiary/aromatic N) is 9. The van der Waals surface area contributed by atoms with Crippen LogP contribution in [-0.4, -0.2) is 117 Å². The second-order valence-corrected chi connectivity index (χ2v) is 14.3. The van der Waals surface area contributed by atoms with E-state index in [9.17, 15) is 14.4 Å². The Balaban J connectivity index is 1.19. The number of aromatic nitrogens is 9. The quantitative estimate of drug-likeness (QED) is 0.0983. The summed E-state index contributed by atoms with van der Waals surface area (Å²) >= 11 is 1.31. The highest BCUT2D eigenvalue weighted by atomic mass is 32.1. The highest BCUT2D eigenvalue weighted by molar-refractivity contribution is 7.17. The molecule has 7 heterocycles. The predicted molar refractivity (Wildman–Crippen MR) is 231 cm³/mol. The van der Waals surface area contributed by atoms with Crippen LogP contribution < -0.4 is 26.0 Å². The van der Waals surface area contributed by atoms with Gasteiger partial charge in [-0.3, -0.25) is 14.6 Å². The first kappa shape index (κ1) is 43.0. The number of aromatic amines is 1. The number of fused-ring (bicyclic) bond motifs is 1. The van der Waals surface area contributed by atoms with Gasteiger partial charge in [0.15, 0.2) is 11.6 Å². The van der Waals surface area contributed by atoms with Gasteiger partial charge in [-0.1, -0.05) is 12.1 Å². The molecular formula is C42H42N12O7S. The van der Waals surface area contributed by atoms with E-state index in [2.05, 4.69) is 35.6 Å². The van der Waals surface area contributed by atoms with Gasteiger partial charge in [0, 0.05) is 76.2 Å². The molecule has 0 spiro atoms. The third-order valence-electron chi connectivity index (χ3n) is 9.16. The SMILES string of the molecule is COCCN(CCOC)c1nc(-c2cccc(-c3cc(NC(=O)COCc4ccnc(OC)c4)nc(-c4ccccn4)n3)n2)nc2scc(C(=O)NCCc3cnc(=O)[nH]c3)c12. The number of carbonyl (C=O) groups excluding carboxylic acids is 2. The van der Waals surface area contributed by atoms with Crippen LogP contribution in [0.2, 0.25) is 0 Å². The monoisotopic (exact) mass is 858 g/mol. The van der Waals surface area contributed by atoms with E-state index in [0.717, 1.165) is 11.1 Å². The Labute approximate surface area is 359 Å². The van der Waals surface area contributed by atoms with Gasteiger partial charge >= 0.3 is 5.69 Å². The first-order valence-corrected chi connectivity index (χ1v) is 20.2. The molecule has 0 radical (unpaired) electrons. The Bertz CT molecular complexity index is 2670. The molecule has 7 aromatic rings. The molecule has 0 aliphatic rings. The summed E-state index contributed by atoms with van der Waals surface area (Å²) < 4.78 is 21.7. The maximum atomic E-state index is 13.7. The number of ether oxygens (including phenoxy) is 4. The van der Waals surface area contributed by atoms with Crippen molar-refractivity contribution in [2.75, 3.05) is 71.0 Å². The average Bonchev–Trinajstić information content (AvgIpc) is 3.74. The van der Waals surface area contributed by atoms with E-state index in [-0.39, 0.29) is 30.8 Å². The molecule has 62 heavy (non-hydrogen) atoms. The molecule has 0 fully saturated rings. The summed E-state index contributed by atoms with van der Waals surface area (Å²) in [6, 6.07) is 15.9. The molecule has 20 heteroatoms. The third-order valence-corrected chi connectivity index (χ3v) is 10.0. The van der Waals surface area contributed by atoms with Gasteiger partial charge in [-0.05, 0) is 47.9 Å². The summed E-state index contributed by atoms with van der Waals surface area (Å²) in [6.07, 6.45) is 6.75. The van der Waals surface area contributed by atoms with Crippen LogP contribution in [0.1, 0.15) is 21.5 Å². The summed E-state index contributed by atoms with van der Waals surface area (Å²) in [5.74, 6) is 1.01. The summed E-state index contributed by atoms with van der Waals surface area (Å²) in [5, 5.41) is 8.13. The van der Waals surface area contributed by atoms with Crippen molar-refractivity contribution >= 4 is 45.0 Å². The minimum Gasteiger partial charge on any atom is -0.481 e. The van der Waals surface area contributed by atoms with E-state index in [1.165, 1.54) is 24.6 Å². The molecule has 0 unspecified atom stereocenters. The van der Waals surface area contributed by atoms with Gasteiger partial charge in [0.2, 0.25) is 5.88 Å². The van der Waals surface area contributed by atoms with Crippen LogP contribution in [0.15, 0.2) is 89.6 Å². The number of amides is 2. The number of hydrogen-bond acceptors (Lipinski definition) is 17. The predicted octanol–water partition coefficient (Wildman–Crippen LogP) is 3.99. The first-order chi connectivity index (χ1) is 30.3. The maximum Gasteiger partial charge on any atom is 0.344 e. The number of anilines is 2. The van der Waals surface area contributed by atoms with E-state index in [1.807, 2.05) is 17.0 Å². The Morgan fingerprint density at radius 3 is 2.37 bits per heavy atom. The van der Waals surface area contributed by atoms with E-state index < -0.39 is 11.6 Å². The Kier molecular flexibility index (Phi) is 14.5. The van der Waals surface area contributed by atoms with E-state index in [0.29, 0.717) is 95.3 Å². The van der Waals surface area contributed by atoms with Crippen molar-refractivity contribution in [3.8, 4) is 40.3 Å². The zero-order valence-corrected chi connectivity index (χ0v) is 34.8. The second kappa shape index (κ2) is 20.9. The largest absolute Gasteiger partial charge is 0.481 e. The minimum absolute atomic E-state index is 0.168. The highest BCUT2D eigenvalue weighted by Crippen LogP contribution is 2.35. The molecule has 2 amide bonds. The number of thiophene rings is 1. The lowest BCUT2D eigenvalue weighted by Gasteiger charge is -2.24. The molecule has 7 aromatic heterocycles. The van der Waals surface area contributed by atoms with Crippen molar-refractivity contribution < 1.29 is 28.5 Å². The van der Waals surface area contributed by atoms with E-state index in [1.54, 1.807) is 80.7 Å². The summed E-state index contributed by atoms with van der Waals surface area (Å²) in [5.41, 5.74) is 3.31. The fourth-order valence-corrected chi connectivity index (χ4v) is 7.04. The Morgan fingerprint density at radius 2 is 1.61 bits per heavy atom. The topological polar surface area (TPSA) is 234 Å². The van der Waals surface area contributed by atoms with Gasteiger partial charge in [-0.25, -0.2) is 39.7 Å². The van der Waals surface area contributed by atoms with Crippen LogP contribution in [0.3, 0.4) is 0 Å². The summed E-state index contributed by atoms with van der Waals surface area (Å²) in [6.45, 7) is 1.89. The number of nitrogens with one attached hydrogen (secondary N) is 3. The van der Waals surface area contributed by atoms with Crippen molar-refractivity contribution in [2.45, 2.75) is 13.0 Å². The number of pyridine rings is 3. The maximum absolute atomic E-state index is 13.7. The average molecular weight is 859 g/mol. The minimum atomic E-state index is -0.441. The molecule has 0 aromatic carbocycles. The molecule has 0 atom stereocenters. The lowest BCUT2D eigenvalue weighted by atomic mass is 10.1. The third kappa shape index (κ3) is 11.0. The molecule has 0 bridgehead atoms. The summed E-state index contributed by atoms with van der Waals surface area (Å²) in [7, 11) is 4.76. The second-order valence-electron chi connectivity index (χ2n) is 13.4. The van der Waals surface area contributed by atoms with Crippen LogP contribution in [0, 0.1) is 0 Å². The van der Waals surface area contributed by atoms with Gasteiger partial charge in [-0.15, -0.1) is 11.3 Å². The molecule has 19 nitrogen and oxygen atoms in total. The lowest BCUT2D eigenvalue weighted by molar-refractivity contribution is -0.121. The lowest BCUT2D eigenvalue weighted by Crippen LogP contribution is -2.32. The fraction of sp³-hybridized carbons (Fsp3) is 0.262. The highest BCUT2D eigenvalue weighted by Gasteiger charge is 2.24. The smallest absolute Gasteiger partial charge is 0.344 e. The normalized spacial score (nSPS) is 11.1. The molecule has 0 saturated heterocycles. The number of rotatable bonds is 20. The van der Waals surface area contributed by atoms with Crippen LogP contribution in [0.5, 0.6) is 5.88 Å². The van der Waals surface area contributed by atoms with Gasteiger partial charge in [0.25, 0.3) is 11.8 Å². The Morgan fingerprint density at radius 1 is 0.806 bits per heavy atom. The van der Waals surface area contributed by atoms with Gasteiger partial charge in [-0.2, -0.15) is 0 Å². The van der Waals surface area contributed by atoms with Crippen LogP contribution >= 0.6 is 11.3 Å². The summed E-state index contributed by atoms with van der Waals surface area (Å²) in [4.78, 5) is 79.9. The molecule has 7 rings (SSSR count). The Hall–Kier alpha value is -7.13. The number of hydrogen-bond donors (Lipinski definition) is 3. The van der Waals surface area contributed by atoms with Crippen molar-refractivity contribution in [1.82, 2.24) is 50.2 Å². The van der Waals surface area contributed by atoms with Crippen LogP contribution in [0.25, 0.3) is 44.6 Å². The van der Waals surface area contributed by atoms with Crippen LogP contribution in [-0.2, 0) is 32.0 Å². The zero-order valence-electron chi connectivity index (χ0n) is 34.0. The van der Waals surface area contributed by atoms with E-state index >= 15 is 0 Å². The molecule has 0 aliphatic carbocycles. The van der Waals surface area contributed by atoms with Gasteiger partial charge in [0.1, 0.15) is 34.5 Å². The number of carbonyl (C=O) groups is 2. The first-order valence-electron chi connectivity index (χ1n) is 19.3. The fourth-order valence-electron chi connectivity index (χ4n) is 6.13. The zero-order chi connectivity index (χ0) is 43.3. The van der Waals surface area contributed by atoms with Crippen molar-refractivity contribution in [2.24, 2.45) is 0 Å². The van der Waals surface area contributed by atoms with E-state index in [4.69, 9.17) is 38.9 Å². The van der Waals surface area contributed by atoms with Crippen molar-refractivity contribution in [1.29, 1.82) is 0 Å². The molecule has 318 valence electrons. The van der Waals surface area contributed by atoms with Crippen LogP contribution in [0.4, 0.5) is 11.6 Å². The number of H-pyrrole nitrogens is 1. The van der Waals surface area contributed by atoms with Crippen molar-refractivity contribution in [3.63, 3.8) is 0 Å². The molecule has 0 aliphatic heterocycles. The number of methoxy groups -OCH3 is 3. The molecule has 0 saturated carbocycles. The standard InChI is InChI=1S/C42H42N12O7S/c1-58-17-15-54(16-18-59-2)39-36-28(40(56)45-14-11-27-21-46-42(57)47-22-27)25-62-41(36)53-38(52-39)31-9-6-8-29(48-31)32-20-33(51-37(49-32)30-7-4-5-12-43-30)50-34(55)24-61-23-26-10-13-44-35(19-26)60-3/h4-10,12-13,19-22,25H,11,14-18,23-24H2,1-3H3,(H,45,56)(H,46,47,57)(H,49,50,51,55). The van der Waals surface area contributed by atoms with Gasteiger partial charge in [0.05, 0.1) is 49.3 Å². The molecule has 3 N–H and O–H groups in total. The molecular weight excluding hydrogens is 817 g/mol.